The lowest BCUT2D eigenvalue weighted by Gasteiger charge is -2.27. The van der Waals surface area contributed by atoms with Crippen molar-refractivity contribution in [2.24, 2.45) is 5.73 Å². The molecule has 0 fully saturated rings. The van der Waals surface area contributed by atoms with E-state index in [1.807, 2.05) is 0 Å². The van der Waals surface area contributed by atoms with Crippen LogP contribution in [0.15, 0.2) is 24.3 Å². The topological polar surface area (TPSA) is 29.3 Å². The summed E-state index contributed by atoms with van der Waals surface area (Å²) in [4.78, 5) is 1.29. The zero-order chi connectivity index (χ0) is 13.1. The normalized spacial score (nSPS) is 13.5. The van der Waals surface area contributed by atoms with E-state index in [2.05, 4.69) is 0 Å². The lowest BCUT2D eigenvalue weighted by Crippen LogP contribution is -2.35. The Morgan fingerprint density at radius 3 is 2.35 bits per heavy atom. The standard InChI is InChI=1S/C12H17F3N2/c1-3-17(8-12(13,14)15)11-7-5-4-6-10(11)9(2)16/h4-7,9H,3,8,16H2,1-2H3/t9-/m1/s1. The summed E-state index contributed by atoms with van der Waals surface area (Å²) in [5.41, 5.74) is 7.06. The van der Waals surface area contributed by atoms with Crippen LogP contribution in [0.25, 0.3) is 0 Å². The van der Waals surface area contributed by atoms with Gasteiger partial charge in [0.2, 0.25) is 0 Å². The van der Waals surface area contributed by atoms with E-state index in [9.17, 15) is 13.2 Å². The van der Waals surface area contributed by atoms with Crippen molar-refractivity contribution in [2.45, 2.75) is 26.1 Å². The molecule has 1 aromatic rings. The van der Waals surface area contributed by atoms with Gasteiger partial charge < -0.3 is 10.6 Å². The first-order valence-electron chi connectivity index (χ1n) is 5.51. The van der Waals surface area contributed by atoms with E-state index in [4.69, 9.17) is 5.73 Å². The summed E-state index contributed by atoms with van der Waals surface area (Å²) in [6, 6.07) is 6.66. The average molecular weight is 246 g/mol. The first-order chi connectivity index (χ1) is 7.85. The van der Waals surface area contributed by atoms with Crippen LogP contribution < -0.4 is 10.6 Å². The fraction of sp³-hybridized carbons (Fsp3) is 0.500. The fourth-order valence-electron chi connectivity index (χ4n) is 1.74. The van der Waals surface area contributed by atoms with Gasteiger partial charge in [-0.2, -0.15) is 13.2 Å². The van der Waals surface area contributed by atoms with Gasteiger partial charge in [0.15, 0.2) is 0 Å². The molecule has 2 nitrogen and oxygen atoms in total. The largest absolute Gasteiger partial charge is 0.405 e. The molecular formula is C12H17F3N2. The number of halogens is 3. The van der Waals surface area contributed by atoms with Crippen LogP contribution in [0.1, 0.15) is 25.5 Å². The van der Waals surface area contributed by atoms with Gasteiger partial charge in [0.1, 0.15) is 6.54 Å². The van der Waals surface area contributed by atoms with E-state index in [0.717, 1.165) is 5.56 Å². The van der Waals surface area contributed by atoms with Crippen molar-refractivity contribution in [3.8, 4) is 0 Å². The first-order valence-corrected chi connectivity index (χ1v) is 5.51. The number of alkyl halides is 3. The number of hydrogen-bond acceptors (Lipinski definition) is 2. The van der Waals surface area contributed by atoms with Crippen LogP contribution in [-0.2, 0) is 0 Å². The molecule has 0 aliphatic rings. The molecule has 0 unspecified atom stereocenters. The number of benzene rings is 1. The Kier molecular flexibility index (Phi) is 4.40. The minimum atomic E-state index is -4.21. The molecule has 0 spiro atoms. The maximum absolute atomic E-state index is 12.4. The Morgan fingerprint density at radius 1 is 1.29 bits per heavy atom. The Bertz CT molecular complexity index is 361. The van der Waals surface area contributed by atoms with Crippen LogP contribution >= 0.6 is 0 Å². The Hall–Kier alpha value is -1.23. The number of rotatable bonds is 4. The van der Waals surface area contributed by atoms with Crippen molar-refractivity contribution in [3.63, 3.8) is 0 Å². The molecule has 0 saturated carbocycles. The average Bonchev–Trinajstić information content (AvgIpc) is 2.24. The summed E-state index contributed by atoms with van der Waals surface area (Å²) in [7, 11) is 0. The maximum atomic E-state index is 12.4. The lowest BCUT2D eigenvalue weighted by atomic mass is 10.1. The third kappa shape index (κ3) is 3.93. The van der Waals surface area contributed by atoms with E-state index in [1.165, 1.54) is 4.90 Å². The van der Waals surface area contributed by atoms with Gasteiger partial charge in [0.25, 0.3) is 0 Å². The number of nitrogens with zero attached hydrogens (tertiary/aromatic N) is 1. The number of nitrogens with two attached hydrogens (primary N) is 1. The minimum absolute atomic E-state index is 0.284. The van der Waals surface area contributed by atoms with Crippen molar-refractivity contribution in [1.82, 2.24) is 0 Å². The molecule has 17 heavy (non-hydrogen) atoms. The van der Waals surface area contributed by atoms with E-state index >= 15 is 0 Å². The summed E-state index contributed by atoms with van der Waals surface area (Å²) in [6.45, 7) is 2.81. The van der Waals surface area contributed by atoms with Gasteiger partial charge in [-0.3, -0.25) is 0 Å². The lowest BCUT2D eigenvalue weighted by molar-refractivity contribution is -0.119. The second-order valence-corrected chi connectivity index (χ2v) is 3.98. The van der Waals surface area contributed by atoms with E-state index in [-0.39, 0.29) is 6.04 Å². The van der Waals surface area contributed by atoms with Crippen molar-refractivity contribution in [3.05, 3.63) is 29.8 Å². The summed E-state index contributed by atoms with van der Waals surface area (Å²) in [6.07, 6.45) is -4.21. The summed E-state index contributed by atoms with van der Waals surface area (Å²) in [5.74, 6) is 0. The van der Waals surface area contributed by atoms with Gasteiger partial charge >= 0.3 is 6.18 Å². The minimum Gasteiger partial charge on any atom is -0.363 e. The smallest absolute Gasteiger partial charge is 0.363 e. The molecular weight excluding hydrogens is 229 g/mol. The fourth-order valence-corrected chi connectivity index (χ4v) is 1.74. The van der Waals surface area contributed by atoms with Crippen molar-refractivity contribution in [2.75, 3.05) is 18.0 Å². The van der Waals surface area contributed by atoms with Gasteiger partial charge in [-0.1, -0.05) is 18.2 Å². The second kappa shape index (κ2) is 5.40. The van der Waals surface area contributed by atoms with Gasteiger partial charge in [-0.25, -0.2) is 0 Å². The molecule has 5 heteroatoms. The predicted octanol–water partition coefficient (Wildman–Crippen LogP) is 3.09. The zero-order valence-electron chi connectivity index (χ0n) is 9.96. The van der Waals surface area contributed by atoms with Gasteiger partial charge in [0, 0.05) is 18.3 Å². The van der Waals surface area contributed by atoms with E-state index in [1.54, 1.807) is 38.1 Å². The molecule has 0 aromatic heterocycles. The molecule has 0 aliphatic carbocycles. The van der Waals surface area contributed by atoms with Gasteiger partial charge in [-0.05, 0) is 25.5 Å². The molecule has 1 rings (SSSR count). The molecule has 1 aromatic carbocycles. The molecule has 0 bridgehead atoms. The van der Waals surface area contributed by atoms with Gasteiger partial charge in [-0.15, -0.1) is 0 Å². The van der Waals surface area contributed by atoms with Crippen LogP contribution in [0.2, 0.25) is 0 Å². The van der Waals surface area contributed by atoms with Crippen LogP contribution in [0.5, 0.6) is 0 Å². The summed E-state index contributed by atoms with van der Waals surface area (Å²) < 4.78 is 37.3. The molecule has 0 saturated heterocycles. The molecule has 1 atom stereocenters. The third-order valence-electron chi connectivity index (χ3n) is 2.52. The maximum Gasteiger partial charge on any atom is 0.405 e. The van der Waals surface area contributed by atoms with Gasteiger partial charge in [0.05, 0.1) is 0 Å². The highest BCUT2D eigenvalue weighted by molar-refractivity contribution is 5.54. The van der Waals surface area contributed by atoms with Crippen LogP contribution in [0.3, 0.4) is 0 Å². The molecule has 0 aliphatic heterocycles. The van der Waals surface area contributed by atoms with E-state index < -0.39 is 12.7 Å². The highest BCUT2D eigenvalue weighted by atomic mass is 19.4. The SMILES string of the molecule is CCN(CC(F)(F)F)c1ccccc1[C@@H](C)N. The molecule has 96 valence electrons. The second-order valence-electron chi connectivity index (χ2n) is 3.98. The highest BCUT2D eigenvalue weighted by Gasteiger charge is 2.31. The Balaban J connectivity index is 3.03. The Morgan fingerprint density at radius 2 is 1.88 bits per heavy atom. The molecule has 2 N–H and O–H groups in total. The van der Waals surface area contributed by atoms with E-state index in [0.29, 0.717) is 12.2 Å². The quantitative estimate of drug-likeness (QED) is 0.884. The van der Waals surface area contributed by atoms with Crippen molar-refractivity contribution in [1.29, 1.82) is 0 Å². The third-order valence-corrected chi connectivity index (χ3v) is 2.52. The molecule has 0 amide bonds. The van der Waals surface area contributed by atoms with Crippen LogP contribution in [0, 0.1) is 0 Å². The first kappa shape index (κ1) is 13.8. The monoisotopic (exact) mass is 246 g/mol. The van der Waals surface area contributed by atoms with Crippen LogP contribution in [0.4, 0.5) is 18.9 Å². The molecule has 0 heterocycles. The zero-order valence-corrected chi connectivity index (χ0v) is 9.96. The van der Waals surface area contributed by atoms with Crippen molar-refractivity contribution < 1.29 is 13.2 Å². The number of hydrogen-bond donors (Lipinski definition) is 1. The number of para-hydroxylation sites is 1. The summed E-state index contributed by atoms with van der Waals surface area (Å²) in [5, 5.41) is 0. The highest BCUT2D eigenvalue weighted by Crippen LogP contribution is 2.27. The summed E-state index contributed by atoms with van der Waals surface area (Å²) >= 11 is 0. The predicted molar refractivity (Wildman–Crippen MR) is 63.0 cm³/mol. The van der Waals surface area contributed by atoms with Crippen LogP contribution in [-0.4, -0.2) is 19.3 Å². The number of anilines is 1. The molecule has 0 radical (unpaired) electrons. The Labute approximate surface area is 99.2 Å². The van der Waals surface area contributed by atoms with Crippen molar-refractivity contribution >= 4 is 5.69 Å².